The highest BCUT2D eigenvalue weighted by Crippen LogP contribution is 2.43. The predicted molar refractivity (Wildman–Crippen MR) is 249 cm³/mol. The van der Waals surface area contributed by atoms with Crippen LogP contribution in [-0.4, -0.2) is 64.9 Å². The second-order valence-electron chi connectivity index (χ2n) is 15.9. The lowest BCUT2D eigenvalue weighted by atomic mass is 10.1. The van der Waals surface area contributed by atoms with Crippen LogP contribution in [0, 0.1) is 0 Å². The van der Waals surface area contributed by atoms with Gasteiger partial charge in [0.1, 0.15) is 12.7 Å². The lowest BCUT2D eigenvalue weighted by Gasteiger charge is -2.18. The second kappa shape index (κ2) is 43.8. The molecule has 0 aliphatic rings. The molecule has 0 aliphatic carbocycles. The van der Waals surface area contributed by atoms with Crippen molar-refractivity contribution in [1.82, 2.24) is 5.32 Å². The Kier molecular flexibility index (Phi) is 41.8. The van der Waals surface area contributed by atoms with Gasteiger partial charge in [-0.3, -0.25) is 18.6 Å². The third-order valence-corrected chi connectivity index (χ3v) is 11.0. The van der Waals surface area contributed by atoms with E-state index in [2.05, 4.69) is 79.9 Å². The van der Waals surface area contributed by atoms with Gasteiger partial charge in [-0.2, -0.15) is 0 Å². The third kappa shape index (κ3) is 43.6. The van der Waals surface area contributed by atoms with Crippen molar-refractivity contribution in [1.29, 1.82) is 0 Å². The van der Waals surface area contributed by atoms with Crippen molar-refractivity contribution in [3.05, 3.63) is 60.8 Å². The standard InChI is InChI=1S/C49H86NO10P/c1-3-5-7-9-11-13-15-17-19-21-23-25-27-29-31-33-35-37-39-41-48(53)58-42-45(51)43-59-61(56,57)60-44-46(49(54)55)50-47(52)40-38-36-34-32-30-28-26-24-22-20-18-16-14-12-10-8-6-4-2/h11,13,17,19-20,22-23,25,29,31,45-46,51H,3-10,12,14-16,18,21,24,26-28,30,32-44H2,1-2H3,(H,50,52)(H,54,55)(H,56,57)/b13-11-,19-17-,22-20-,25-23-,31-29-. The summed E-state index contributed by atoms with van der Waals surface area (Å²) in [6, 6.07) is -1.56. The smallest absolute Gasteiger partial charge is 0.472 e. The summed E-state index contributed by atoms with van der Waals surface area (Å²) in [5.74, 6) is -2.41. The molecule has 352 valence electrons. The molecule has 0 aromatic rings. The van der Waals surface area contributed by atoms with Gasteiger partial charge in [0, 0.05) is 12.8 Å². The minimum atomic E-state index is -4.77. The van der Waals surface area contributed by atoms with E-state index in [1.807, 2.05) is 0 Å². The van der Waals surface area contributed by atoms with Crippen LogP contribution in [0.3, 0.4) is 0 Å². The zero-order valence-corrected chi connectivity index (χ0v) is 39.1. The maximum absolute atomic E-state index is 12.3. The van der Waals surface area contributed by atoms with Gasteiger partial charge in [0.05, 0.1) is 13.2 Å². The third-order valence-electron chi connectivity index (χ3n) is 10.0. The highest BCUT2D eigenvalue weighted by Gasteiger charge is 2.28. The van der Waals surface area contributed by atoms with Gasteiger partial charge in [-0.15, -0.1) is 0 Å². The molecular formula is C49H86NO10P. The van der Waals surface area contributed by atoms with E-state index in [1.54, 1.807) is 0 Å². The van der Waals surface area contributed by atoms with Crippen LogP contribution in [0.2, 0.25) is 0 Å². The summed E-state index contributed by atoms with van der Waals surface area (Å²) in [6.45, 7) is 2.53. The van der Waals surface area contributed by atoms with Crippen molar-refractivity contribution in [3.8, 4) is 0 Å². The number of allylic oxidation sites excluding steroid dienone is 10. The van der Waals surface area contributed by atoms with Crippen molar-refractivity contribution in [2.24, 2.45) is 0 Å². The van der Waals surface area contributed by atoms with Gasteiger partial charge in [0.15, 0.2) is 6.04 Å². The average molecular weight is 880 g/mol. The maximum atomic E-state index is 12.3. The van der Waals surface area contributed by atoms with Crippen LogP contribution in [0.15, 0.2) is 60.8 Å². The van der Waals surface area contributed by atoms with Gasteiger partial charge in [-0.1, -0.05) is 164 Å². The lowest BCUT2D eigenvalue weighted by molar-refractivity contribution is -0.147. The number of amides is 1. The molecule has 0 aromatic carbocycles. The molecule has 0 saturated heterocycles. The predicted octanol–water partition coefficient (Wildman–Crippen LogP) is 12.7. The van der Waals surface area contributed by atoms with Gasteiger partial charge >= 0.3 is 19.8 Å². The molecule has 0 aliphatic heterocycles. The van der Waals surface area contributed by atoms with Crippen molar-refractivity contribution >= 4 is 25.7 Å². The number of esters is 1. The van der Waals surface area contributed by atoms with Crippen molar-refractivity contribution in [3.63, 3.8) is 0 Å². The Bertz CT molecular complexity index is 1260. The largest absolute Gasteiger partial charge is 0.480 e. The Morgan fingerprint density at radius 2 is 0.902 bits per heavy atom. The zero-order chi connectivity index (χ0) is 44.9. The number of phosphoric acid groups is 1. The van der Waals surface area contributed by atoms with E-state index in [9.17, 15) is 34.1 Å². The number of carboxylic acid groups (broad SMARTS) is 1. The molecule has 3 atom stereocenters. The minimum absolute atomic E-state index is 0.137. The topological polar surface area (TPSA) is 169 Å². The zero-order valence-electron chi connectivity index (χ0n) is 38.2. The van der Waals surface area contributed by atoms with Crippen LogP contribution in [0.1, 0.15) is 200 Å². The van der Waals surface area contributed by atoms with Gasteiger partial charge in [-0.05, 0) is 83.5 Å². The first-order valence-electron chi connectivity index (χ1n) is 23.8. The minimum Gasteiger partial charge on any atom is -0.480 e. The maximum Gasteiger partial charge on any atom is 0.472 e. The number of nitrogens with one attached hydrogen (secondary N) is 1. The molecule has 0 radical (unpaired) electrons. The van der Waals surface area contributed by atoms with E-state index in [0.29, 0.717) is 12.8 Å². The SMILES string of the molecule is CCCCC/C=C\C/C=C\C/C=C\C/C=C\CCCCCC(=O)OCC(O)COP(=O)(O)OCC(NC(=O)CCCCCCCCC/C=C\CCCCCCCCC)C(=O)O. The fourth-order valence-electron chi connectivity index (χ4n) is 6.29. The molecule has 0 saturated carbocycles. The summed E-state index contributed by atoms with van der Waals surface area (Å²) in [7, 11) is -4.77. The monoisotopic (exact) mass is 880 g/mol. The second-order valence-corrected chi connectivity index (χ2v) is 17.4. The van der Waals surface area contributed by atoms with E-state index < -0.39 is 57.6 Å². The fraction of sp³-hybridized carbons (Fsp3) is 0.735. The number of aliphatic carboxylic acids is 1. The summed E-state index contributed by atoms with van der Waals surface area (Å²) in [6.07, 6.45) is 50.9. The molecular weight excluding hydrogens is 794 g/mol. The van der Waals surface area contributed by atoms with Gasteiger partial charge in [-0.25, -0.2) is 9.36 Å². The number of unbranched alkanes of at least 4 members (excludes halogenated alkanes) is 20. The number of aliphatic hydroxyl groups is 1. The Morgan fingerprint density at radius 3 is 1.41 bits per heavy atom. The number of ether oxygens (including phenoxy) is 1. The molecule has 11 nitrogen and oxygen atoms in total. The number of phosphoric ester groups is 1. The highest BCUT2D eigenvalue weighted by molar-refractivity contribution is 7.47. The fourth-order valence-corrected chi connectivity index (χ4v) is 7.07. The first-order valence-corrected chi connectivity index (χ1v) is 25.3. The number of carbonyl (C=O) groups excluding carboxylic acids is 2. The van der Waals surface area contributed by atoms with Crippen molar-refractivity contribution < 1.29 is 47.8 Å². The van der Waals surface area contributed by atoms with Gasteiger partial charge in [0.25, 0.3) is 0 Å². The first kappa shape index (κ1) is 58.2. The molecule has 0 aromatic heterocycles. The van der Waals surface area contributed by atoms with E-state index in [0.717, 1.165) is 70.6 Å². The van der Waals surface area contributed by atoms with E-state index in [1.165, 1.54) is 89.9 Å². The first-order chi connectivity index (χ1) is 29.6. The average Bonchev–Trinajstić information content (AvgIpc) is 3.24. The molecule has 3 unspecified atom stereocenters. The van der Waals surface area contributed by atoms with Gasteiger partial charge in [0.2, 0.25) is 5.91 Å². The normalized spacial score (nSPS) is 14.2. The molecule has 0 bridgehead atoms. The highest BCUT2D eigenvalue weighted by atomic mass is 31.2. The summed E-state index contributed by atoms with van der Waals surface area (Å²) in [5.41, 5.74) is 0. The molecule has 0 rings (SSSR count). The number of rotatable bonds is 44. The number of carboxylic acids is 1. The van der Waals surface area contributed by atoms with E-state index >= 15 is 0 Å². The van der Waals surface area contributed by atoms with Crippen LogP contribution in [0.4, 0.5) is 0 Å². The van der Waals surface area contributed by atoms with E-state index in [4.69, 9.17) is 13.8 Å². The van der Waals surface area contributed by atoms with Gasteiger partial charge < -0.3 is 25.2 Å². The Morgan fingerprint density at radius 1 is 0.525 bits per heavy atom. The number of hydrogen-bond acceptors (Lipinski definition) is 8. The van der Waals surface area contributed by atoms with Crippen LogP contribution >= 0.6 is 7.82 Å². The number of hydrogen-bond donors (Lipinski definition) is 4. The molecule has 12 heteroatoms. The van der Waals surface area contributed by atoms with Crippen LogP contribution in [0.25, 0.3) is 0 Å². The molecule has 4 N–H and O–H groups in total. The lowest BCUT2D eigenvalue weighted by Crippen LogP contribution is -2.43. The summed E-state index contributed by atoms with van der Waals surface area (Å²) >= 11 is 0. The number of carbonyl (C=O) groups is 3. The summed E-state index contributed by atoms with van der Waals surface area (Å²) in [5, 5.41) is 21.9. The summed E-state index contributed by atoms with van der Waals surface area (Å²) in [4.78, 5) is 46.0. The summed E-state index contributed by atoms with van der Waals surface area (Å²) < 4.78 is 26.9. The molecule has 1 amide bonds. The Balaban J connectivity index is 3.93. The molecule has 0 fully saturated rings. The number of aliphatic hydroxyl groups excluding tert-OH is 1. The van der Waals surface area contributed by atoms with Crippen LogP contribution in [0.5, 0.6) is 0 Å². The Labute approximate surface area is 370 Å². The quantitative estimate of drug-likeness (QED) is 0.0200. The van der Waals surface area contributed by atoms with Crippen LogP contribution < -0.4 is 5.32 Å². The molecule has 0 heterocycles. The van der Waals surface area contributed by atoms with Crippen LogP contribution in [-0.2, 0) is 32.7 Å². The Hall–Kier alpha value is -2.82. The molecule has 61 heavy (non-hydrogen) atoms. The molecule has 0 spiro atoms. The van der Waals surface area contributed by atoms with Crippen molar-refractivity contribution in [2.45, 2.75) is 212 Å². The van der Waals surface area contributed by atoms with E-state index in [-0.39, 0.29) is 12.8 Å². The van der Waals surface area contributed by atoms with Crippen molar-refractivity contribution in [2.75, 3.05) is 19.8 Å².